The molecule has 0 aliphatic carbocycles. The summed E-state index contributed by atoms with van der Waals surface area (Å²) in [7, 11) is 1.62. The van der Waals surface area contributed by atoms with Gasteiger partial charge in [0.05, 0.1) is 11.9 Å². The van der Waals surface area contributed by atoms with E-state index in [4.69, 9.17) is 4.74 Å². The number of carbonyl (C=O) groups excluding carboxylic acids is 1. The molecule has 0 saturated heterocycles. The van der Waals surface area contributed by atoms with Crippen molar-refractivity contribution in [1.29, 1.82) is 0 Å². The van der Waals surface area contributed by atoms with Gasteiger partial charge in [0.1, 0.15) is 11.8 Å². The Morgan fingerprint density at radius 2 is 1.39 bits per heavy atom. The molecule has 0 aliphatic rings. The zero-order chi connectivity index (χ0) is 22.3. The average molecular weight is 436 g/mol. The number of rotatable bonds is 9. The Morgan fingerprint density at radius 1 is 0.903 bits per heavy atom. The van der Waals surface area contributed by atoms with Crippen molar-refractivity contribution in [3.8, 4) is 5.75 Å². The number of carboxylic acid groups (broad SMARTS) is 1. The molecule has 0 aromatic heterocycles. The number of aliphatic carboxylic acids is 1. The molecule has 160 valence electrons. The Morgan fingerprint density at radius 3 is 1.81 bits per heavy atom. The van der Waals surface area contributed by atoms with Gasteiger partial charge in [-0.1, -0.05) is 72.8 Å². The fourth-order valence-corrected chi connectivity index (χ4v) is 5.10. The van der Waals surface area contributed by atoms with E-state index >= 15 is 0 Å². The summed E-state index contributed by atoms with van der Waals surface area (Å²) in [5, 5.41) is 12.2. The Kier molecular flexibility index (Phi) is 7.36. The zero-order valence-electron chi connectivity index (χ0n) is 17.4. The lowest BCUT2D eigenvalue weighted by atomic mass is 9.84. The maximum Gasteiger partial charge on any atom is 0.327 e. The summed E-state index contributed by atoms with van der Waals surface area (Å²) in [5.41, 5.74) is 3.02. The quantitative estimate of drug-likeness (QED) is 0.490. The van der Waals surface area contributed by atoms with Crippen molar-refractivity contribution in [2.75, 3.05) is 12.9 Å². The van der Waals surface area contributed by atoms with E-state index in [1.165, 1.54) is 18.7 Å². The van der Waals surface area contributed by atoms with E-state index in [1.54, 1.807) is 7.11 Å². The highest BCUT2D eigenvalue weighted by atomic mass is 32.2. The van der Waals surface area contributed by atoms with Crippen LogP contribution in [-0.4, -0.2) is 35.9 Å². The molecule has 5 nitrogen and oxygen atoms in total. The molecule has 0 bridgehead atoms. The zero-order valence-corrected chi connectivity index (χ0v) is 18.3. The largest absolute Gasteiger partial charge is 0.497 e. The summed E-state index contributed by atoms with van der Waals surface area (Å²) < 4.78 is 4.66. The summed E-state index contributed by atoms with van der Waals surface area (Å²) in [4.78, 5) is 23.4. The highest BCUT2D eigenvalue weighted by Gasteiger charge is 2.38. The number of methoxy groups -OCH3 is 1. The first-order valence-corrected chi connectivity index (χ1v) is 10.9. The molecule has 0 fully saturated rings. The van der Waals surface area contributed by atoms with Gasteiger partial charge in [-0.15, -0.1) is 11.8 Å². The second-order valence-electron chi connectivity index (χ2n) is 7.04. The average Bonchev–Trinajstić information content (AvgIpc) is 2.80. The minimum Gasteiger partial charge on any atom is -0.497 e. The molecule has 0 saturated carbocycles. The third kappa shape index (κ3) is 5.09. The van der Waals surface area contributed by atoms with Gasteiger partial charge in [0, 0.05) is 12.7 Å². The van der Waals surface area contributed by atoms with Gasteiger partial charge < -0.3 is 15.2 Å². The number of nitrogens with one attached hydrogen (secondary N) is 1. The standard InChI is InChI=1S/C25H25NO4S/c1-18(27)26-23(24(28)29)17-31-25(19-9-5-3-6-10-19,20-11-7-4-8-12-20)21-13-15-22(30-2)16-14-21/h3-16,23H,17H2,1-2H3,(H,26,27)(H,28,29)/t23-/m1/s1. The number of thioether (sulfide) groups is 1. The topological polar surface area (TPSA) is 75.6 Å². The molecule has 2 N–H and O–H groups in total. The van der Waals surface area contributed by atoms with Crippen LogP contribution in [0, 0.1) is 0 Å². The van der Waals surface area contributed by atoms with E-state index in [0.717, 1.165) is 22.4 Å². The highest BCUT2D eigenvalue weighted by Crippen LogP contribution is 2.48. The molecule has 3 rings (SSSR count). The SMILES string of the molecule is COc1ccc(C(SC[C@@H](NC(C)=O)C(=O)O)(c2ccccc2)c2ccccc2)cc1. The van der Waals surface area contributed by atoms with Gasteiger partial charge in [-0.2, -0.15) is 0 Å². The van der Waals surface area contributed by atoms with Crippen LogP contribution in [-0.2, 0) is 14.3 Å². The summed E-state index contributed by atoms with van der Waals surface area (Å²) in [6.45, 7) is 1.33. The van der Waals surface area contributed by atoms with Gasteiger partial charge in [-0.05, 0) is 28.8 Å². The number of carbonyl (C=O) groups is 2. The fourth-order valence-electron chi connectivity index (χ4n) is 3.55. The Labute approximate surface area is 186 Å². The van der Waals surface area contributed by atoms with Crippen molar-refractivity contribution in [2.24, 2.45) is 0 Å². The van der Waals surface area contributed by atoms with E-state index in [2.05, 4.69) is 5.32 Å². The van der Waals surface area contributed by atoms with E-state index in [9.17, 15) is 14.7 Å². The molecule has 1 amide bonds. The van der Waals surface area contributed by atoms with Gasteiger partial charge in [0.25, 0.3) is 0 Å². The molecule has 0 aliphatic heterocycles. The predicted octanol–water partition coefficient (Wildman–Crippen LogP) is 4.31. The Balaban J connectivity index is 2.17. The lowest BCUT2D eigenvalue weighted by Gasteiger charge is -2.36. The van der Waals surface area contributed by atoms with Crippen molar-refractivity contribution in [3.05, 3.63) is 102 Å². The van der Waals surface area contributed by atoms with Crippen molar-refractivity contribution in [1.82, 2.24) is 5.32 Å². The minimum absolute atomic E-state index is 0.185. The molecule has 3 aromatic rings. The van der Waals surface area contributed by atoms with Gasteiger partial charge in [0.15, 0.2) is 0 Å². The van der Waals surface area contributed by atoms with Crippen LogP contribution >= 0.6 is 11.8 Å². The molecule has 0 spiro atoms. The van der Waals surface area contributed by atoms with Crippen molar-refractivity contribution in [3.63, 3.8) is 0 Å². The van der Waals surface area contributed by atoms with Crippen molar-refractivity contribution in [2.45, 2.75) is 17.7 Å². The van der Waals surface area contributed by atoms with Crippen LogP contribution in [0.25, 0.3) is 0 Å². The smallest absolute Gasteiger partial charge is 0.327 e. The molecule has 0 radical (unpaired) electrons. The van der Waals surface area contributed by atoms with Crippen molar-refractivity contribution >= 4 is 23.6 Å². The number of hydrogen-bond donors (Lipinski definition) is 2. The van der Waals surface area contributed by atoms with E-state index < -0.39 is 16.8 Å². The lowest BCUT2D eigenvalue weighted by molar-refractivity contribution is -0.140. The van der Waals surface area contributed by atoms with Crippen LogP contribution in [0.4, 0.5) is 0 Å². The van der Waals surface area contributed by atoms with Gasteiger partial charge in [-0.25, -0.2) is 4.79 Å². The number of benzene rings is 3. The number of hydrogen-bond acceptors (Lipinski definition) is 4. The molecule has 3 aromatic carbocycles. The van der Waals surface area contributed by atoms with Gasteiger partial charge >= 0.3 is 5.97 Å². The van der Waals surface area contributed by atoms with E-state index in [1.807, 2.05) is 84.9 Å². The number of amides is 1. The van der Waals surface area contributed by atoms with E-state index in [-0.39, 0.29) is 11.7 Å². The summed E-state index contributed by atoms with van der Waals surface area (Å²) in [5.74, 6) is -0.509. The van der Waals surface area contributed by atoms with Gasteiger partial charge in [0.2, 0.25) is 5.91 Å². The molecule has 0 heterocycles. The van der Waals surface area contributed by atoms with Crippen LogP contribution in [0.15, 0.2) is 84.9 Å². The predicted molar refractivity (Wildman–Crippen MR) is 123 cm³/mol. The Bertz CT molecular complexity index is 967. The highest BCUT2D eigenvalue weighted by molar-refractivity contribution is 8.00. The third-order valence-corrected chi connectivity index (χ3v) is 6.64. The number of carboxylic acids is 1. The minimum atomic E-state index is -1.06. The lowest BCUT2D eigenvalue weighted by Crippen LogP contribution is -2.42. The van der Waals surface area contributed by atoms with Crippen molar-refractivity contribution < 1.29 is 19.4 Å². The summed E-state index contributed by atoms with van der Waals surface area (Å²) in [6, 6.07) is 26.8. The van der Waals surface area contributed by atoms with Crippen LogP contribution in [0.3, 0.4) is 0 Å². The molecular weight excluding hydrogens is 410 g/mol. The first kappa shape index (κ1) is 22.4. The molecule has 0 unspecified atom stereocenters. The second-order valence-corrected chi connectivity index (χ2v) is 8.28. The maximum atomic E-state index is 11.8. The fraction of sp³-hybridized carbons (Fsp3) is 0.200. The van der Waals surface area contributed by atoms with Crippen LogP contribution < -0.4 is 10.1 Å². The molecular formula is C25H25NO4S. The van der Waals surface area contributed by atoms with Gasteiger partial charge in [-0.3, -0.25) is 4.79 Å². The first-order chi connectivity index (χ1) is 15.0. The van der Waals surface area contributed by atoms with E-state index in [0.29, 0.717) is 0 Å². The number of ether oxygens (including phenoxy) is 1. The first-order valence-electron chi connectivity index (χ1n) is 9.87. The summed E-state index contributed by atoms with van der Waals surface area (Å²) in [6.07, 6.45) is 0. The maximum absolute atomic E-state index is 11.8. The monoisotopic (exact) mass is 435 g/mol. The summed E-state index contributed by atoms with van der Waals surface area (Å²) >= 11 is 1.48. The second kappa shape index (κ2) is 10.2. The third-order valence-electron chi connectivity index (χ3n) is 5.00. The van der Waals surface area contributed by atoms with Crippen LogP contribution in [0.5, 0.6) is 5.75 Å². The molecule has 6 heteroatoms. The molecule has 31 heavy (non-hydrogen) atoms. The van der Waals surface area contributed by atoms with Crippen LogP contribution in [0.2, 0.25) is 0 Å². The molecule has 1 atom stereocenters. The van der Waals surface area contributed by atoms with Crippen LogP contribution in [0.1, 0.15) is 23.6 Å². The normalized spacial score (nSPS) is 12.1. The Hall–Kier alpha value is -3.25.